The zero-order valence-corrected chi connectivity index (χ0v) is 8.75. The molecule has 6 heteroatoms. The number of rotatable bonds is 5. The third-order valence-corrected chi connectivity index (χ3v) is 1.97. The third kappa shape index (κ3) is 3.37. The van der Waals surface area contributed by atoms with Crippen molar-refractivity contribution in [3.05, 3.63) is 24.0 Å². The van der Waals surface area contributed by atoms with Crippen LogP contribution in [-0.2, 0) is 11.3 Å². The Morgan fingerprint density at radius 1 is 1.50 bits per heavy atom. The largest absolute Gasteiger partial charge is 0.454 e. The Balaban J connectivity index is 2.61. The van der Waals surface area contributed by atoms with Gasteiger partial charge in [-0.05, 0) is 13.0 Å². The summed E-state index contributed by atoms with van der Waals surface area (Å²) in [4.78, 5) is 10.8. The van der Waals surface area contributed by atoms with E-state index in [2.05, 4.69) is 0 Å². The molecule has 0 fully saturated rings. The van der Waals surface area contributed by atoms with Gasteiger partial charge in [0.25, 0.3) is 5.78 Å². The molecule has 0 spiro atoms. The first kappa shape index (κ1) is 12.8. The highest BCUT2D eigenvalue weighted by molar-refractivity contribution is 6.00. The second kappa shape index (κ2) is 5.16. The molecule has 1 heterocycles. The second-order valence-corrected chi connectivity index (χ2v) is 3.16. The van der Waals surface area contributed by atoms with Crippen LogP contribution >= 0.6 is 0 Å². The molecule has 0 unspecified atom stereocenters. The summed E-state index contributed by atoms with van der Waals surface area (Å²) in [5.74, 6) is -1.82. The molecular formula is C10H12F3NO2. The number of carbonyl (C=O) groups is 1. The summed E-state index contributed by atoms with van der Waals surface area (Å²) >= 11 is 0. The zero-order chi connectivity index (χ0) is 12.2. The summed E-state index contributed by atoms with van der Waals surface area (Å²) in [6.07, 6.45) is -2.21. The van der Waals surface area contributed by atoms with Crippen LogP contribution in [-0.4, -0.2) is 29.7 Å². The molecule has 0 saturated carbocycles. The van der Waals surface area contributed by atoms with Crippen molar-refractivity contribution in [2.45, 2.75) is 19.6 Å². The number of hydrogen-bond acceptors (Lipinski definition) is 2. The van der Waals surface area contributed by atoms with Crippen LogP contribution in [0, 0.1) is 0 Å². The van der Waals surface area contributed by atoms with Crippen molar-refractivity contribution in [3.63, 3.8) is 0 Å². The van der Waals surface area contributed by atoms with E-state index >= 15 is 0 Å². The Morgan fingerprint density at radius 3 is 2.75 bits per heavy atom. The minimum atomic E-state index is -4.81. The lowest BCUT2D eigenvalue weighted by molar-refractivity contribution is -0.0885. The van der Waals surface area contributed by atoms with Crippen LogP contribution in [0.5, 0.6) is 0 Å². The Bertz CT molecular complexity index is 357. The fraction of sp³-hybridized carbons (Fsp3) is 0.500. The van der Waals surface area contributed by atoms with Crippen LogP contribution in [0.3, 0.4) is 0 Å². The Labute approximate surface area is 90.8 Å². The van der Waals surface area contributed by atoms with Crippen molar-refractivity contribution in [2.75, 3.05) is 13.2 Å². The second-order valence-electron chi connectivity index (χ2n) is 3.16. The lowest BCUT2D eigenvalue weighted by Crippen LogP contribution is -2.22. The fourth-order valence-corrected chi connectivity index (χ4v) is 1.19. The number of hydrogen-bond donors (Lipinski definition) is 0. The lowest BCUT2D eigenvalue weighted by Gasteiger charge is -2.03. The molecular weight excluding hydrogens is 223 g/mol. The van der Waals surface area contributed by atoms with E-state index < -0.39 is 12.0 Å². The number of Topliss-reactive ketones (excluding diaryl/α,β-unsaturated/α-hetero) is 1. The molecule has 1 aromatic heterocycles. The van der Waals surface area contributed by atoms with Gasteiger partial charge < -0.3 is 9.30 Å². The van der Waals surface area contributed by atoms with E-state index in [0.29, 0.717) is 19.8 Å². The number of halogens is 3. The number of alkyl halides is 3. The van der Waals surface area contributed by atoms with Crippen LogP contribution < -0.4 is 0 Å². The predicted molar refractivity (Wildman–Crippen MR) is 51.3 cm³/mol. The molecule has 16 heavy (non-hydrogen) atoms. The first-order valence-corrected chi connectivity index (χ1v) is 4.80. The maximum Gasteiger partial charge on any atom is 0.454 e. The van der Waals surface area contributed by atoms with E-state index in [1.807, 2.05) is 6.92 Å². The quantitative estimate of drug-likeness (QED) is 0.579. The van der Waals surface area contributed by atoms with E-state index in [4.69, 9.17) is 4.74 Å². The minimum Gasteiger partial charge on any atom is -0.380 e. The maximum absolute atomic E-state index is 12.1. The summed E-state index contributed by atoms with van der Waals surface area (Å²) < 4.78 is 42.7. The SMILES string of the molecule is CCOCCn1ccc(C(=O)C(F)(F)F)c1. The third-order valence-electron chi connectivity index (χ3n) is 1.97. The molecule has 3 nitrogen and oxygen atoms in total. The molecule has 0 aliphatic rings. The number of ether oxygens (including phenoxy) is 1. The zero-order valence-electron chi connectivity index (χ0n) is 8.75. The van der Waals surface area contributed by atoms with Gasteiger partial charge in [-0.3, -0.25) is 4.79 Å². The van der Waals surface area contributed by atoms with Crippen LogP contribution in [0.1, 0.15) is 17.3 Å². The lowest BCUT2D eigenvalue weighted by atomic mass is 10.2. The predicted octanol–water partition coefficient (Wildman–Crippen LogP) is 2.27. The molecule has 0 bridgehead atoms. The van der Waals surface area contributed by atoms with Gasteiger partial charge in [-0.15, -0.1) is 0 Å². The van der Waals surface area contributed by atoms with Gasteiger partial charge in [0, 0.05) is 31.1 Å². The summed E-state index contributed by atoms with van der Waals surface area (Å²) in [5.41, 5.74) is -0.344. The molecule has 0 aliphatic heterocycles. The van der Waals surface area contributed by atoms with Crippen molar-refractivity contribution in [3.8, 4) is 0 Å². The Hall–Kier alpha value is -1.30. The van der Waals surface area contributed by atoms with Gasteiger partial charge in [0.2, 0.25) is 0 Å². The summed E-state index contributed by atoms with van der Waals surface area (Å²) in [7, 11) is 0. The van der Waals surface area contributed by atoms with E-state index in [-0.39, 0.29) is 5.56 Å². The molecule has 0 atom stereocenters. The summed E-state index contributed by atoms with van der Waals surface area (Å²) in [5, 5.41) is 0. The fourth-order valence-electron chi connectivity index (χ4n) is 1.19. The van der Waals surface area contributed by atoms with Crippen molar-refractivity contribution in [1.82, 2.24) is 4.57 Å². The van der Waals surface area contributed by atoms with Crippen LogP contribution in [0.25, 0.3) is 0 Å². The Morgan fingerprint density at radius 2 is 2.19 bits per heavy atom. The smallest absolute Gasteiger partial charge is 0.380 e. The highest BCUT2D eigenvalue weighted by Gasteiger charge is 2.39. The van der Waals surface area contributed by atoms with Crippen molar-refractivity contribution >= 4 is 5.78 Å². The van der Waals surface area contributed by atoms with Crippen molar-refractivity contribution < 1.29 is 22.7 Å². The molecule has 0 aliphatic carbocycles. The molecule has 90 valence electrons. The molecule has 0 aromatic carbocycles. The monoisotopic (exact) mass is 235 g/mol. The van der Waals surface area contributed by atoms with Crippen molar-refractivity contribution in [1.29, 1.82) is 0 Å². The summed E-state index contributed by atoms with van der Waals surface area (Å²) in [6.45, 7) is 3.22. The Kier molecular flexibility index (Phi) is 4.12. The standard InChI is InChI=1S/C10H12F3NO2/c1-2-16-6-5-14-4-3-8(7-14)9(15)10(11,12)13/h3-4,7H,2,5-6H2,1H3. The van der Waals surface area contributed by atoms with Crippen LogP contribution in [0.4, 0.5) is 13.2 Å². The topological polar surface area (TPSA) is 31.2 Å². The van der Waals surface area contributed by atoms with Crippen LogP contribution in [0.15, 0.2) is 18.5 Å². The first-order valence-electron chi connectivity index (χ1n) is 4.80. The normalized spacial score (nSPS) is 11.8. The van der Waals surface area contributed by atoms with Gasteiger partial charge in [-0.1, -0.05) is 0 Å². The average molecular weight is 235 g/mol. The molecule has 0 amide bonds. The average Bonchev–Trinajstić information content (AvgIpc) is 2.64. The van der Waals surface area contributed by atoms with Crippen LogP contribution in [0.2, 0.25) is 0 Å². The van der Waals surface area contributed by atoms with Gasteiger partial charge in [0.05, 0.1) is 6.61 Å². The molecule has 0 saturated heterocycles. The molecule has 1 rings (SSSR count). The van der Waals surface area contributed by atoms with E-state index in [0.717, 1.165) is 6.07 Å². The summed E-state index contributed by atoms with van der Waals surface area (Å²) in [6, 6.07) is 1.15. The van der Waals surface area contributed by atoms with E-state index in [1.165, 1.54) is 17.0 Å². The molecule has 0 N–H and O–H groups in total. The number of carbonyl (C=O) groups excluding carboxylic acids is 1. The minimum absolute atomic E-state index is 0.344. The van der Waals surface area contributed by atoms with Gasteiger partial charge in [-0.2, -0.15) is 13.2 Å². The van der Waals surface area contributed by atoms with Gasteiger partial charge >= 0.3 is 6.18 Å². The molecule has 1 aromatic rings. The number of aromatic nitrogens is 1. The van der Waals surface area contributed by atoms with Gasteiger partial charge in [0.1, 0.15) is 0 Å². The van der Waals surface area contributed by atoms with Gasteiger partial charge in [-0.25, -0.2) is 0 Å². The number of ketones is 1. The maximum atomic E-state index is 12.1. The number of nitrogens with zero attached hydrogens (tertiary/aromatic N) is 1. The highest BCUT2D eigenvalue weighted by Crippen LogP contribution is 2.21. The first-order chi connectivity index (χ1) is 7.45. The van der Waals surface area contributed by atoms with Gasteiger partial charge in [0.15, 0.2) is 0 Å². The van der Waals surface area contributed by atoms with E-state index in [9.17, 15) is 18.0 Å². The highest BCUT2D eigenvalue weighted by atomic mass is 19.4. The van der Waals surface area contributed by atoms with E-state index in [1.54, 1.807) is 0 Å². The van der Waals surface area contributed by atoms with Crippen molar-refractivity contribution in [2.24, 2.45) is 0 Å². The molecule has 0 radical (unpaired) electrons.